The standard InChI is InChI=1S/C18H16FN5O/c1-24-11-22-10-16(24)18(21,14-5-6-17(25-2)23-9-14)13-4-3-12(8-20)15(19)7-13/h3-7,9-11H,21H2,1-2H3. The first-order chi connectivity index (χ1) is 12.0. The van der Waals surface area contributed by atoms with Crippen molar-refractivity contribution in [1.29, 1.82) is 5.26 Å². The van der Waals surface area contributed by atoms with Gasteiger partial charge in [0.25, 0.3) is 0 Å². The zero-order valence-corrected chi connectivity index (χ0v) is 13.8. The highest BCUT2D eigenvalue weighted by atomic mass is 19.1. The molecule has 1 atom stereocenters. The summed E-state index contributed by atoms with van der Waals surface area (Å²) < 4.78 is 21.1. The number of benzene rings is 1. The number of hydrogen-bond donors (Lipinski definition) is 1. The van der Waals surface area contributed by atoms with E-state index in [4.69, 9.17) is 15.7 Å². The predicted octanol–water partition coefficient (Wildman–Crippen LogP) is 2.09. The van der Waals surface area contributed by atoms with E-state index in [0.717, 1.165) is 0 Å². The molecule has 2 heterocycles. The Labute approximate surface area is 144 Å². The van der Waals surface area contributed by atoms with E-state index in [1.54, 1.807) is 48.5 Å². The third-order valence-corrected chi connectivity index (χ3v) is 4.17. The summed E-state index contributed by atoms with van der Waals surface area (Å²) in [5, 5.41) is 8.96. The van der Waals surface area contributed by atoms with Crippen LogP contribution in [-0.4, -0.2) is 21.6 Å². The fraction of sp³-hybridized carbons (Fsp3) is 0.167. The van der Waals surface area contributed by atoms with Crippen LogP contribution in [0, 0.1) is 17.1 Å². The van der Waals surface area contributed by atoms with E-state index in [1.165, 1.54) is 19.2 Å². The van der Waals surface area contributed by atoms with Crippen molar-refractivity contribution in [2.75, 3.05) is 7.11 Å². The Hall–Kier alpha value is -3.24. The topological polar surface area (TPSA) is 89.8 Å². The maximum absolute atomic E-state index is 14.2. The first kappa shape index (κ1) is 16.6. The van der Waals surface area contributed by atoms with Crippen LogP contribution in [-0.2, 0) is 12.6 Å². The number of rotatable bonds is 4. The molecule has 0 aliphatic carbocycles. The second-order valence-corrected chi connectivity index (χ2v) is 5.59. The number of nitrogens with zero attached hydrogens (tertiary/aromatic N) is 4. The molecule has 7 heteroatoms. The Balaban J connectivity index is 2.24. The maximum Gasteiger partial charge on any atom is 0.212 e. The Morgan fingerprint density at radius 1 is 1.24 bits per heavy atom. The summed E-state index contributed by atoms with van der Waals surface area (Å²) in [5.74, 6) is -0.180. The third-order valence-electron chi connectivity index (χ3n) is 4.17. The van der Waals surface area contributed by atoms with Crippen molar-refractivity contribution < 1.29 is 9.13 Å². The molecule has 6 nitrogen and oxygen atoms in total. The monoisotopic (exact) mass is 337 g/mol. The molecule has 0 radical (unpaired) electrons. The Morgan fingerprint density at radius 2 is 2.00 bits per heavy atom. The Kier molecular flexibility index (Phi) is 4.21. The average Bonchev–Trinajstić information content (AvgIpc) is 3.07. The van der Waals surface area contributed by atoms with Crippen molar-refractivity contribution in [3.8, 4) is 11.9 Å². The van der Waals surface area contributed by atoms with Crippen LogP contribution < -0.4 is 10.5 Å². The van der Waals surface area contributed by atoms with Crippen LogP contribution in [0.15, 0.2) is 49.1 Å². The number of nitrogens with two attached hydrogens (primary N) is 1. The van der Waals surface area contributed by atoms with Crippen molar-refractivity contribution in [2.45, 2.75) is 5.54 Å². The molecular formula is C18H16FN5O. The molecular weight excluding hydrogens is 321 g/mol. The number of pyridine rings is 1. The minimum absolute atomic E-state index is 0.0380. The molecule has 0 saturated heterocycles. The van der Waals surface area contributed by atoms with Crippen molar-refractivity contribution in [1.82, 2.24) is 14.5 Å². The molecule has 0 aliphatic rings. The zero-order valence-electron chi connectivity index (χ0n) is 13.8. The van der Waals surface area contributed by atoms with Crippen LogP contribution in [0.1, 0.15) is 22.4 Å². The van der Waals surface area contributed by atoms with Crippen LogP contribution in [0.2, 0.25) is 0 Å². The number of methoxy groups -OCH3 is 1. The minimum Gasteiger partial charge on any atom is -0.481 e. The lowest BCUT2D eigenvalue weighted by molar-refractivity contribution is 0.397. The van der Waals surface area contributed by atoms with Gasteiger partial charge in [0.1, 0.15) is 17.4 Å². The largest absolute Gasteiger partial charge is 0.481 e. The average molecular weight is 337 g/mol. The van der Waals surface area contributed by atoms with E-state index < -0.39 is 11.4 Å². The van der Waals surface area contributed by atoms with Gasteiger partial charge in [-0.05, 0) is 23.8 Å². The zero-order chi connectivity index (χ0) is 18.0. The molecule has 3 aromatic rings. The van der Waals surface area contributed by atoms with E-state index in [1.807, 2.05) is 6.07 Å². The highest BCUT2D eigenvalue weighted by molar-refractivity contribution is 5.48. The first-order valence-corrected chi connectivity index (χ1v) is 7.47. The van der Waals surface area contributed by atoms with Gasteiger partial charge in [0.2, 0.25) is 5.88 Å². The van der Waals surface area contributed by atoms with Crippen molar-refractivity contribution in [2.24, 2.45) is 12.8 Å². The number of ether oxygens (including phenoxy) is 1. The summed E-state index contributed by atoms with van der Waals surface area (Å²) >= 11 is 0. The summed E-state index contributed by atoms with van der Waals surface area (Å²) in [6.07, 6.45) is 4.83. The Bertz CT molecular complexity index is 945. The van der Waals surface area contributed by atoms with E-state index in [9.17, 15) is 4.39 Å². The van der Waals surface area contributed by atoms with E-state index in [0.29, 0.717) is 22.7 Å². The SMILES string of the molecule is COc1ccc(C(N)(c2ccc(C#N)c(F)c2)c2cncn2C)cn1. The van der Waals surface area contributed by atoms with Crippen LogP contribution in [0.25, 0.3) is 0 Å². The number of imidazole rings is 1. The van der Waals surface area contributed by atoms with Gasteiger partial charge in [-0.15, -0.1) is 0 Å². The second kappa shape index (κ2) is 6.34. The number of aryl methyl sites for hydroxylation is 1. The summed E-state index contributed by atoms with van der Waals surface area (Å²) in [5.41, 5.74) is 7.32. The van der Waals surface area contributed by atoms with Gasteiger partial charge in [-0.2, -0.15) is 5.26 Å². The van der Waals surface area contributed by atoms with Gasteiger partial charge in [0.15, 0.2) is 0 Å². The molecule has 126 valence electrons. The normalized spacial score (nSPS) is 13.1. The molecule has 1 aromatic carbocycles. The fourth-order valence-electron chi connectivity index (χ4n) is 2.78. The summed E-state index contributed by atoms with van der Waals surface area (Å²) in [6.45, 7) is 0. The van der Waals surface area contributed by atoms with Crippen LogP contribution in [0.4, 0.5) is 4.39 Å². The van der Waals surface area contributed by atoms with Crippen LogP contribution in [0.5, 0.6) is 5.88 Å². The summed E-state index contributed by atoms with van der Waals surface area (Å²) in [6, 6.07) is 9.60. The van der Waals surface area contributed by atoms with Crippen LogP contribution >= 0.6 is 0 Å². The third kappa shape index (κ3) is 2.73. The summed E-state index contributed by atoms with van der Waals surface area (Å²) in [7, 11) is 3.33. The van der Waals surface area contributed by atoms with Gasteiger partial charge in [-0.25, -0.2) is 14.4 Å². The molecule has 0 spiro atoms. The molecule has 2 N–H and O–H groups in total. The highest BCUT2D eigenvalue weighted by Gasteiger charge is 2.35. The Morgan fingerprint density at radius 3 is 2.52 bits per heavy atom. The quantitative estimate of drug-likeness (QED) is 0.787. The molecule has 0 fully saturated rings. The smallest absolute Gasteiger partial charge is 0.212 e. The number of hydrogen-bond acceptors (Lipinski definition) is 5. The van der Waals surface area contributed by atoms with Gasteiger partial charge in [-0.3, -0.25) is 0 Å². The second-order valence-electron chi connectivity index (χ2n) is 5.59. The molecule has 1 unspecified atom stereocenters. The highest BCUT2D eigenvalue weighted by Crippen LogP contribution is 2.34. The number of halogens is 1. The predicted molar refractivity (Wildman–Crippen MR) is 89.2 cm³/mol. The lowest BCUT2D eigenvalue weighted by Gasteiger charge is -2.31. The van der Waals surface area contributed by atoms with Gasteiger partial charge in [-0.1, -0.05) is 6.07 Å². The van der Waals surface area contributed by atoms with E-state index in [2.05, 4.69) is 9.97 Å². The van der Waals surface area contributed by atoms with Gasteiger partial charge in [0.05, 0.1) is 30.9 Å². The molecule has 0 bridgehead atoms. The van der Waals surface area contributed by atoms with Gasteiger partial charge < -0.3 is 15.0 Å². The van der Waals surface area contributed by atoms with Crippen molar-refractivity contribution >= 4 is 0 Å². The summed E-state index contributed by atoms with van der Waals surface area (Å²) in [4.78, 5) is 8.33. The van der Waals surface area contributed by atoms with Gasteiger partial charge >= 0.3 is 0 Å². The molecule has 25 heavy (non-hydrogen) atoms. The lowest BCUT2D eigenvalue weighted by atomic mass is 9.81. The molecule has 0 saturated carbocycles. The van der Waals surface area contributed by atoms with E-state index >= 15 is 0 Å². The van der Waals surface area contributed by atoms with E-state index in [-0.39, 0.29) is 5.56 Å². The minimum atomic E-state index is -1.20. The molecule has 0 aliphatic heterocycles. The van der Waals surface area contributed by atoms with Gasteiger partial charge in [0, 0.05) is 24.9 Å². The molecule has 2 aromatic heterocycles. The first-order valence-electron chi connectivity index (χ1n) is 7.47. The lowest BCUT2D eigenvalue weighted by Crippen LogP contribution is -2.41. The number of nitriles is 1. The molecule has 0 amide bonds. The maximum atomic E-state index is 14.2. The number of aromatic nitrogens is 3. The van der Waals surface area contributed by atoms with Crippen molar-refractivity contribution in [3.63, 3.8) is 0 Å². The molecule has 3 rings (SSSR count). The van der Waals surface area contributed by atoms with Crippen LogP contribution in [0.3, 0.4) is 0 Å². The fourth-order valence-corrected chi connectivity index (χ4v) is 2.78. The van der Waals surface area contributed by atoms with Crippen molar-refractivity contribution in [3.05, 3.63) is 77.3 Å².